The molecule has 1 saturated carbocycles. The summed E-state index contributed by atoms with van der Waals surface area (Å²) in [6.07, 6.45) is 4.03. The van der Waals surface area contributed by atoms with Gasteiger partial charge in [0.2, 0.25) is 5.91 Å². The summed E-state index contributed by atoms with van der Waals surface area (Å²) < 4.78 is 0. The van der Waals surface area contributed by atoms with E-state index in [0.717, 1.165) is 25.7 Å². The van der Waals surface area contributed by atoms with E-state index in [1.54, 1.807) is 0 Å². The first-order valence-corrected chi connectivity index (χ1v) is 5.98. The minimum atomic E-state index is -0.367. The van der Waals surface area contributed by atoms with Crippen molar-refractivity contribution in [3.05, 3.63) is 35.4 Å². The van der Waals surface area contributed by atoms with Crippen molar-refractivity contribution < 1.29 is 4.79 Å². The number of nitrogens with two attached hydrogens (primary N) is 1. The Hall–Kier alpha value is -1.31. The SMILES string of the molecule is CC12CCC(C(N)=O)(CC1)c1ccccc12. The molecule has 1 amide bonds. The first kappa shape index (κ1) is 9.88. The van der Waals surface area contributed by atoms with Crippen LogP contribution >= 0.6 is 0 Å². The third kappa shape index (κ3) is 0.998. The van der Waals surface area contributed by atoms with Crippen LogP contribution in [-0.4, -0.2) is 5.91 Å². The van der Waals surface area contributed by atoms with Crippen LogP contribution in [0.4, 0.5) is 0 Å². The van der Waals surface area contributed by atoms with E-state index in [-0.39, 0.29) is 16.7 Å². The quantitative estimate of drug-likeness (QED) is 0.767. The van der Waals surface area contributed by atoms with Crippen LogP contribution in [0.2, 0.25) is 0 Å². The molecule has 3 aliphatic carbocycles. The minimum absolute atomic E-state index is 0.137. The lowest BCUT2D eigenvalue weighted by atomic mass is 9.52. The number of fused-ring (bicyclic) bond motifs is 2. The van der Waals surface area contributed by atoms with Crippen molar-refractivity contribution >= 4 is 5.91 Å². The van der Waals surface area contributed by atoms with Crippen LogP contribution in [0, 0.1) is 0 Å². The van der Waals surface area contributed by atoms with E-state index < -0.39 is 0 Å². The average Bonchev–Trinajstić information content (AvgIpc) is 2.30. The highest BCUT2D eigenvalue weighted by atomic mass is 16.1. The van der Waals surface area contributed by atoms with Gasteiger partial charge < -0.3 is 5.73 Å². The van der Waals surface area contributed by atoms with Gasteiger partial charge in [-0.05, 0) is 42.2 Å². The van der Waals surface area contributed by atoms with Crippen LogP contribution in [-0.2, 0) is 15.6 Å². The largest absolute Gasteiger partial charge is 0.369 e. The molecular formula is C14H17NO. The van der Waals surface area contributed by atoms with E-state index in [9.17, 15) is 4.79 Å². The highest BCUT2D eigenvalue weighted by Crippen LogP contribution is 2.56. The number of hydrogen-bond acceptors (Lipinski definition) is 1. The molecule has 3 aliphatic rings. The molecule has 0 aromatic heterocycles. The summed E-state index contributed by atoms with van der Waals surface area (Å²) in [6, 6.07) is 8.36. The molecule has 1 aromatic rings. The summed E-state index contributed by atoms with van der Waals surface area (Å²) in [7, 11) is 0. The van der Waals surface area contributed by atoms with Crippen molar-refractivity contribution in [1.82, 2.24) is 0 Å². The summed E-state index contributed by atoms with van der Waals surface area (Å²) >= 11 is 0. The molecule has 4 rings (SSSR count). The normalized spacial score (nSPS) is 35.8. The number of carbonyl (C=O) groups excluding carboxylic acids is 1. The second-order valence-electron chi connectivity index (χ2n) is 5.55. The molecule has 0 heterocycles. The lowest BCUT2D eigenvalue weighted by Crippen LogP contribution is -2.52. The smallest absolute Gasteiger partial charge is 0.228 e. The Labute approximate surface area is 95.8 Å². The Morgan fingerprint density at radius 1 is 1.12 bits per heavy atom. The van der Waals surface area contributed by atoms with Crippen molar-refractivity contribution in [2.24, 2.45) is 5.73 Å². The van der Waals surface area contributed by atoms with Crippen molar-refractivity contribution in [2.45, 2.75) is 43.4 Å². The van der Waals surface area contributed by atoms with E-state index in [1.165, 1.54) is 11.1 Å². The second-order valence-corrected chi connectivity index (χ2v) is 5.55. The van der Waals surface area contributed by atoms with Gasteiger partial charge in [-0.15, -0.1) is 0 Å². The fourth-order valence-corrected chi connectivity index (χ4v) is 3.57. The third-order valence-corrected chi connectivity index (χ3v) is 4.77. The Morgan fingerprint density at radius 3 is 2.25 bits per heavy atom. The summed E-state index contributed by atoms with van der Waals surface area (Å²) in [5.74, 6) is -0.137. The lowest BCUT2D eigenvalue weighted by molar-refractivity contribution is -0.126. The van der Waals surface area contributed by atoms with Gasteiger partial charge >= 0.3 is 0 Å². The molecule has 0 unspecified atom stereocenters. The zero-order valence-electron chi connectivity index (χ0n) is 9.62. The van der Waals surface area contributed by atoms with Crippen molar-refractivity contribution in [2.75, 3.05) is 0 Å². The zero-order chi connectivity index (χ0) is 11.4. The van der Waals surface area contributed by atoms with Gasteiger partial charge in [-0.3, -0.25) is 4.79 Å². The number of benzene rings is 1. The highest BCUT2D eigenvalue weighted by molar-refractivity contribution is 5.88. The van der Waals surface area contributed by atoms with Gasteiger partial charge in [-0.2, -0.15) is 0 Å². The van der Waals surface area contributed by atoms with Crippen LogP contribution in [0.15, 0.2) is 24.3 Å². The maximum absolute atomic E-state index is 11.8. The molecule has 0 aliphatic heterocycles. The van der Waals surface area contributed by atoms with Gasteiger partial charge in [-0.25, -0.2) is 0 Å². The topological polar surface area (TPSA) is 43.1 Å². The molecule has 2 bridgehead atoms. The van der Waals surface area contributed by atoms with Gasteiger partial charge in [0.1, 0.15) is 0 Å². The van der Waals surface area contributed by atoms with E-state index in [0.29, 0.717) is 0 Å². The molecule has 0 atom stereocenters. The Kier molecular flexibility index (Phi) is 1.78. The van der Waals surface area contributed by atoms with E-state index >= 15 is 0 Å². The number of primary amides is 1. The molecule has 1 aromatic carbocycles. The summed E-state index contributed by atoms with van der Waals surface area (Å²) in [5.41, 5.74) is 8.11. The van der Waals surface area contributed by atoms with Crippen LogP contribution in [0.3, 0.4) is 0 Å². The number of rotatable bonds is 1. The van der Waals surface area contributed by atoms with Crippen LogP contribution in [0.1, 0.15) is 43.7 Å². The Bertz CT molecular complexity index is 456. The number of amides is 1. The van der Waals surface area contributed by atoms with Crippen LogP contribution in [0.25, 0.3) is 0 Å². The monoisotopic (exact) mass is 215 g/mol. The molecule has 0 radical (unpaired) electrons. The minimum Gasteiger partial charge on any atom is -0.369 e. The molecule has 16 heavy (non-hydrogen) atoms. The Morgan fingerprint density at radius 2 is 1.69 bits per heavy atom. The molecule has 84 valence electrons. The van der Waals surface area contributed by atoms with Crippen molar-refractivity contribution in [3.8, 4) is 0 Å². The predicted molar refractivity (Wildman–Crippen MR) is 63.1 cm³/mol. The summed E-state index contributed by atoms with van der Waals surface area (Å²) in [4.78, 5) is 11.8. The first-order valence-electron chi connectivity index (χ1n) is 5.98. The van der Waals surface area contributed by atoms with E-state index in [4.69, 9.17) is 5.73 Å². The van der Waals surface area contributed by atoms with Gasteiger partial charge in [0.15, 0.2) is 0 Å². The first-order chi connectivity index (χ1) is 7.58. The van der Waals surface area contributed by atoms with E-state index in [1.807, 2.05) is 6.07 Å². The summed E-state index contributed by atoms with van der Waals surface area (Å²) in [6.45, 7) is 2.32. The van der Waals surface area contributed by atoms with Crippen molar-refractivity contribution in [3.63, 3.8) is 0 Å². The molecule has 2 N–H and O–H groups in total. The molecule has 1 fully saturated rings. The average molecular weight is 215 g/mol. The zero-order valence-corrected chi connectivity index (χ0v) is 9.62. The van der Waals surface area contributed by atoms with Gasteiger partial charge in [0, 0.05) is 0 Å². The standard InChI is InChI=1S/C14H17NO/c1-13-6-8-14(9-7-13,12(15)16)11-5-3-2-4-10(11)13/h2-5H,6-9H2,1H3,(H2,15,16). The van der Waals surface area contributed by atoms with Crippen LogP contribution < -0.4 is 5.73 Å². The Balaban J connectivity index is 2.28. The van der Waals surface area contributed by atoms with Gasteiger partial charge in [0.05, 0.1) is 5.41 Å². The number of hydrogen-bond donors (Lipinski definition) is 1. The molecule has 0 spiro atoms. The fourth-order valence-electron chi connectivity index (χ4n) is 3.57. The maximum atomic E-state index is 11.8. The molecular weight excluding hydrogens is 198 g/mol. The summed E-state index contributed by atoms with van der Waals surface area (Å²) in [5, 5.41) is 0. The lowest BCUT2D eigenvalue weighted by Gasteiger charge is -2.51. The second kappa shape index (κ2) is 2.88. The van der Waals surface area contributed by atoms with E-state index in [2.05, 4.69) is 25.1 Å². The van der Waals surface area contributed by atoms with Gasteiger partial charge in [-0.1, -0.05) is 31.2 Å². The molecule has 2 nitrogen and oxygen atoms in total. The fraction of sp³-hybridized carbons (Fsp3) is 0.500. The number of carbonyl (C=O) groups is 1. The molecule has 0 saturated heterocycles. The highest BCUT2D eigenvalue weighted by Gasteiger charge is 2.52. The van der Waals surface area contributed by atoms with Crippen molar-refractivity contribution in [1.29, 1.82) is 0 Å². The molecule has 2 heteroatoms. The van der Waals surface area contributed by atoms with Gasteiger partial charge in [0.25, 0.3) is 0 Å². The third-order valence-electron chi connectivity index (χ3n) is 4.77. The maximum Gasteiger partial charge on any atom is 0.228 e. The predicted octanol–water partition coefficient (Wildman–Crippen LogP) is 2.26. The van der Waals surface area contributed by atoms with Crippen LogP contribution in [0.5, 0.6) is 0 Å².